The Bertz CT molecular complexity index is 315. The van der Waals surface area contributed by atoms with Gasteiger partial charge in [0.15, 0.2) is 0 Å². The quantitative estimate of drug-likeness (QED) is 0.772. The molecular weight excluding hydrogens is 192 g/mol. The lowest BCUT2D eigenvalue weighted by Gasteiger charge is -2.16. The monoisotopic (exact) mass is 210 g/mol. The van der Waals surface area contributed by atoms with Gasteiger partial charge in [-0.15, -0.1) is 0 Å². The third-order valence-corrected chi connectivity index (χ3v) is 2.16. The lowest BCUT2D eigenvalue weighted by atomic mass is 10.2. The maximum absolute atomic E-state index is 5.55. The highest BCUT2D eigenvalue weighted by Crippen LogP contribution is 2.29. The largest absolute Gasteiger partial charge is 0.497 e. The third kappa shape index (κ3) is 3.02. The fraction of sp³-hybridized carbons (Fsp3) is 0.455. The van der Waals surface area contributed by atoms with Gasteiger partial charge in [0, 0.05) is 18.7 Å². The summed E-state index contributed by atoms with van der Waals surface area (Å²) in [6.07, 6.45) is 0. The summed E-state index contributed by atoms with van der Waals surface area (Å²) < 4.78 is 10.4. The predicted molar refractivity (Wildman–Crippen MR) is 61.7 cm³/mol. The Balaban J connectivity index is 2.90. The zero-order chi connectivity index (χ0) is 11.3. The van der Waals surface area contributed by atoms with E-state index in [-0.39, 0.29) is 6.04 Å². The molecule has 0 saturated carbocycles. The standard InChI is InChI=1S/C11H18N2O2/c1-8(7-12)13-10-6-9(14-2)4-5-11(10)15-3/h4-6,8,13H,7,12H2,1-3H3. The van der Waals surface area contributed by atoms with Gasteiger partial charge >= 0.3 is 0 Å². The number of rotatable bonds is 5. The molecule has 1 atom stereocenters. The molecule has 0 heterocycles. The van der Waals surface area contributed by atoms with Gasteiger partial charge in [-0.3, -0.25) is 0 Å². The van der Waals surface area contributed by atoms with Crippen LogP contribution in [-0.2, 0) is 0 Å². The van der Waals surface area contributed by atoms with Crippen molar-refractivity contribution in [3.8, 4) is 11.5 Å². The van der Waals surface area contributed by atoms with Crippen LogP contribution >= 0.6 is 0 Å². The molecule has 0 amide bonds. The molecule has 0 aliphatic heterocycles. The maximum atomic E-state index is 5.55. The number of methoxy groups -OCH3 is 2. The minimum absolute atomic E-state index is 0.200. The van der Waals surface area contributed by atoms with E-state index in [0.29, 0.717) is 6.54 Å². The van der Waals surface area contributed by atoms with Gasteiger partial charge in [-0.2, -0.15) is 0 Å². The van der Waals surface area contributed by atoms with E-state index in [1.807, 2.05) is 25.1 Å². The summed E-state index contributed by atoms with van der Waals surface area (Å²) in [7, 11) is 3.28. The Morgan fingerprint density at radius 3 is 2.60 bits per heavy atom. The Kier molecular flexibility index (Phi) is 4.24. The third-order valence-electron chi connectivity index (χ3n) is 2.16. The van der Waals surface area contributed by atoms with E-state index in [1.54, 1.807) is 14.2 Å². The van der Waals surface area contributed by atoms with Gasteiger partial charge in [-0.05, 0) is 19.1 Å². The minimum Gasteiger partial charge on any atom is -0.497 e. The molecule has 4 nitrogen and oxygen atoms in total. The van der Waals surface area contributed by atoms with Gasteiger partial charge in [0.05, 0.1) is 19.9 Å². The van der Waals surface area contributed by atoms with Crippen molar-refractivity contribution in [2.45, 2.75) is 13.0 Å². The van der Waals surface area contributed by atoms with Crippen LogP contribution in [-0.4, -0.2) is 26.8 Å². The number of hydrogen-bond donors (Lipinski definition) is 2. The van der Waals surface area contributed by atoms with E-state index >= 15 is 0 Å². The molecular formula is C11H18N2O2. The second-order valence-electron chi connectivity index (χ2n) is 3.35. The van der Waals surface area contributed by atoms with E-state index in [1.165, 1.54) is 0 Å². The van der Waals surface area contributed by atoms with Crippen molar-refractivity contribution in [2.24, 2.45) is 5.73 Å². The molecule has 0 aliphatic rings. The van der Waals surface area contributed by atoms with Crippen LogP contribution in [0.1, 0.15) is 6.92 Å². The molecule has 1 aromatic rings. The molecule has 1 aromatic carbocycles. The molecule has 1 rings (SSSR count). The van der Waals surface area contributed by atoms with E-state index in [2.05, 4.69) is 5.32 Å². The molecule has 0 spiro atoms. The second kappa shape index (κ2) is 5.46. The van der Waals surface area contributed by atoms with Crippen LogP contribution in [0.15, 0.2) is 18.2 Å². The van der Waals surface area contributed by atoms with Crippen molar-refractivity contribution in [2.75, 3.05) is 26.1 Å². The van der Waals surface area contributed by atoms with Gasteiger partial charge in [0.25, 0.3) is 0 Å². The smallest absolute Gasteiger partial charge is 0.142 e. The summed E-state index contributed by atoms with van der Waals surface area (Å²) in [5, 5.41) is 3.26. The van der Waals surface area contributed by atoms with Crippen molar-refractivity contribution in [3.63, 3.8) is 0 Å². The zero-order valence-electron chi connectivity index (χ0n) is 9.41. The average molecular weight is 210 g/mol. The summed E-state index contributed by atoms with van der Waals surface area (Å²) >= 11 is 0. The molecule has 15 heavy (non-hydrogen) atoms. The van der Waals surface area contributed by atoms with Crippen LogP contribution in [0.4, 0.5) is 5.69 Å². The summed E-state index contributed by atoms with van der Waals surface area (Å²) in [6.45, 7) is 2.58. The number of ether oxygens (including phenoxy) is 2. The first-order valence-corrected chi connectivity index (χ1v) is 4.90. The Hall–Kier alpha value is -1.42. The van der Waals surface area contributed by atoms with Crippen LogP contribution in [0.2, 0.25) is 0 Å². The highest BCUT2D eigenvalue weighted by atomic mass is 16.5. The first-order chi connectivity index (χ1) is 7.21. The average Bonchev–Trinajstić information content (AvgIpc) is 2.28. The number of nitrogens with two attached hydrogens (primary N) is 1. The molecule has 4 heteroatoms. The first kappa shape index (κ1) is 11.7. The summed E-state index contributed by atoms with van der Waals surface area (Å²) in [4.78, 5) is 0. The van der Waals surface area contributed by atoms with Gasteiger partial charge in [-0.1, -0.05) is 0 Å². The Morgan fingerprint density at radius 1 is 1.33 bits per heavy atom. The van der Waals surface area contributed by atoms with E-state index < -0.39 is 0 Å². The number of anilines is 1. The molecule has 84 valence electrons. The summed E-state index contributed by atoms with van der Waals surface area (Å²) in [5.41, 5.74) is 6.45. The topological polar surface area (TPSA) is 56.5 Å². The first-order valence-electron chi connectivity index (χ1n) is 4.90. The highest BCUT2D eigenvalue weighted by molar-refractivity contribution is 5.60. The lowest BCUT2D eigenvalue weighted by molar-refractivity contribution is 0.404. The summed E-state index contributed by atoms with van der Waals surface area (Å²) in [5.74, 6) is 1.58. The van der Waals surface area contributed by atoms with Crippen LogP contribution in [0, 0.1) is 0 Å². The normalized spacial score (nSPS) is 12.0. The molecule has 0 fully saturated rings. The van der Waals surface area contributed by atoms with Gasteiger partial charge in [0.2, 0.25) is 0 Å². The number of benzene rings is 1. The lowest BCUT2D eigenvalue weighted by Crippen LogP contribution is -2.25. The SMILES string of the molecule is COc1ccc(OC)c(NC(C)CN)c1. The molecule has 0 saturated heterocycles. The van der Waals surface area contributed by atoms with Gasteiger partial charge in [-0.25, -0.2) is 0 Å². The van der Waals surface area contributed by atoms with Crippen LogP contribution in [0.25, 0.3) is 0 Å². The molecule has 0 aliphatic carbocycles. The fourth-order valence-corrected chi connectivity index (χ4v) is 1.25. The van der Waals surface area contributed by atoms with Gasteiger partial charge in [0.1, 0.15) is 11.5 Å². The van der Waals surface area contributed by atoms with Crippen molar-refractivity contribution in [1.29, 1.82) is 0 Å². The predicted octanol–water partition coefficient (Wildman–Crippen LogP) is 1.46. The molecule has 3 N–H and O–H groups in total. The summed E-state index contributed by atoms with van der Waals surface area (Å²) in [6, 6.07) is 5.82. The van der Waals surface area contributed by atoms with E-state index in [0.717, 1.165) is 17.2 Å². The zero-order valence-corrected chi connectivity index (χ0v) is 9.41. The number of nitrogens with one attached hydrogen (secondary N) is 1. The van der Waals surface area contributed by atoms with E-state index in [4.69, 9.17) is 15.2 Å². The second-order valence-corrected chi connectivity index (χ2v) is 3.35. The van der Waals surface area contributed by atoms with Crippen molar-refractivity contribution in [1.82, 2.24) is 0 Å². The Morgan fingerprint density at radius 2 is 2.07 bits per heavy atom. The van der Waals surface area contributed by atoms with Crippen molar-refractivity contribution in [3.05, 3.63) is 18.2 Å². The van der Waals surface area contributed by atoms with Crippen LogP contribution in [0.5, 0.6) is 11.5 Å². The van der Waals surface area contributed by atoms with Crippen LogP contribution in [0.3, 0.4) is 0 Å². The van der Waals surface area contributed by atoms with E-state index in [9.17, 15) is 0 Å². The fourth-order valence-electron chi connectivity index (χ4n) is 1.25. The van der Waals surface area contributed by atoms with Crippen LogP contribution < -0.4 is 20.5 Å². The number of hydrogen-bond acceptors (Lipinski definition) is 4. The minimum atomic E-state index is 0.200. The molecule has 0 aromatic heterocycles. The maximum Gasteiger partial charge on any atom is 0.142 e. The van der Waals surface area contributed by atoms with Crippen molar-refractivity contribution >= 4 is 5.69 Å². The molecule has 1 unspecified atom stereocenters. The molecule has 0 radical (unpaired) electrons. The van der Waals surface area contributed by atoms with Gasteiger partial charge < -0.3 is 20.5 Å². The Labute approximate surface area is 90.4 Å². The molecule has 0 bridgehead atoms. The van der Waals surface area contributed by atoms with Crippen molar-refractivity contribution < 1.29 is 9.47 Å². The highest BCUT2D eigenvalue weighted by Gasteiger charge is 2.06.